The second-order valence-electron chi connectivity index (χ2n) is 5.20. The van der Waals surface area contributed by atoms with E-state index >= 15 is 0 Å². The summed E-state index contributed by atoms with van der Waals surface area (Å²) in [6.45, 7) is 2.47. The predicted octanol–water partition coefficient (Wildman–Crippen LogP) is 2.01. The summed E-state index contributed by atoms with van der Waals surface area (Å²) < 4.78 is 40.0. The number of nitrogens with one attached hydrogen (secondary N) is 2. The zero-order chi connectivity index (χ0) is 17.7. The lowest BCUT2D eigenvalue weighted by Gasteiger charge is -2.13. The van der Waals surface area contributed by atoms with Gasteiger partial charge < -0.3 is 15.2 Å². The largest absolute Gasteiger partial charge is 0.416 e. The van der Waals surface area contributed by atoms with Gasteiger partial charge in [-0.1, -0.05) is 12.1 Å². The molecule has 0 saturated carbocycles. The Morgan fingerprint density at radius 2 is 1.92 bits per heavy atom. The van der Waals surface area contributed by atoms with Crippen molar-refractivity contribution in [3.63, 3.8) is 0 Å². The van der Waals surface area contributed by atoms with Crippen molar-refractivity contribution in [3.8, 4) is 0 Å². The highest BCUT2D eigenvalue weighted by Gasteiger charge is 2.30. The Bertz CT molecular complexity index is 720. The fourth-order valence-electron chi connectivity index (χ4n) is 2.03. The highest BCUT2D eigenvalue weighted by molar-refractivity contribution is 5.79. The molecule has 130 valence electrons. The summed E-state index contributed by atoms with van der Waals surface area (Å²) in [5, 5.41) is 14.0. The molecule has 0 atom stereocenters. The Hall–Kier alpha value is -2.58. The van der Waals surface area contributed by atoms with Crippen molar-refractivity contribution in [1.29, 1.82) is 0 Å². The molecule has 0 radical (unpaired) electrons. The van der Waals surface area contributed by atoms with E-state index in [0.29, 0.717) is 18.1 Å². The average Bonchev–Trinajstić information content (AvgIpc) is 2.86. The van der Waals surface area contributed by atoms with Crippen LogP contribution >= 0.6 is 0 Å². The Labute approximate surface area is 137 Å². The van der Waals surface area contributed by atoms with Crippen LogP contribution in [0, 0.1) is 6.92 Å². The maximum atomic E-state index is 12.7. The SMILES string of the molecule is CN=C(NCc1cccc(C(F)(F)F)c1)NCc1nnc(C)n1C. The Morgan fingerprint density at radius 1 is 1.21 bits per heavy atom. The number of halogens is 3. The smallest absolute Gasteiger partial charge is 0.352 e. The fraction of sp³-hybridized carbons (Fsp3) is 0.400. The summed E-state index contributed by atoms with van der Waals surface area (Å²) in [5.41, 5.74) is -0.151. The zero-order valence-corrected chi connectivity index (χ0v) is 13.6. The molecule has 0 fully saturated rings. The van der Waals surface area contributed by atoms with Crippen molar-refractivity contribution in [3.05, 3.63) is 47.0 Å². The van der Waals surface area contributed by atoms with Crippen LogP contribution in [0.3, 0.4) is 0 Å². The van der Waals surface area contributed by atoms with E-state index in [0.717, 1.165) is 23.8 Å². The van der Waals surface area contributed by atoms with Crippen LogP contribution in [0.15, 0.2) is 29.3 Å². The predicted molar refractivity (Wildman–Crippen MR) is 84.2 cm³/mol. The van der Waals surface area contributed by atoms with Crippen LogP contribution in [0.2, 0.25) is 0 Å². The third-order valence-electron chi connectivity index (χ3n) is 3.53. The molecule has 1 aromatic heterocycles. The Morgan fingerprint density at radius 3 is 2.50 bits per heavy atom. The quantitative estimate of drug-likeness (QED) is 0.660. The standard InChI is InChI=1S/C15H19F3N6/c1-10-22-23-13(24(10)3)9-21-14(19-2)20-8-11-5-4-6-12(7-11)15(16,17)18/h4-7H,8-9H2,1-3H3,(H2,19,20,21). The second kappa shape index (κ2) is 7.33. The highest BCUT2D eigenvalue weighted by atomic mass is 19.4. The minimum atomic E-state index is -4.35. The van der Waals surface area contributed by atoms with Gasteiger partial charge in [-0.3, -0.25) is 4.99 Å². The molecule has 1 heterocycles. The first kappa shape index (κ1) is 17.8. The van der Waals surface area contributed by atoms with Gasteiger partial charge in [-0.25, -0.2) is 0 Å². The fourth-order valence-corrected chi connectivity index (χ4v) is 2.03. The molecular weight excluding hydrogens is 321 g/mol. The molecule has 24 heavy (non-hydrogen) atoms. The second-order valence-corrected chi connectivity index (χ2v) is 5.20. The number of aryl methyl sites for hydroxylation is 1. The molecule has 2 aromatic rings. The van der Waals surface area contributed by atoms with Crippen molar-refractivity contribution in [2.75, 3.05) is 7.05 Å². The van der Waals surface area contributed by atoms with Crippen molar-refractivity contribution in [2.45, 2.75) is 26.2 Å². The van der Waals surface area contributed by atoms with Crippen LogP contribution in [-0.4, -0.2) is 27.8 Å². The van der Waals surface area contributed by atoms with Gasteiger partial charge in [-0.05, 0) is 24.6 Å². The molecule has 0 saturated heterocycles. The highest BCUT2D eigenvalue weighted by Crippen LogP contribution is 2.29. The molecular formula is C15H19F3N6. The summed E-state index contributed by atoms with van der Waals surface area (Å²) in [4.78, 5) is 4.04. The summed E-state index contributed by atoms with van der Waals surface area (Å²) >= 11 is 0. The molecule has 0 amide bonds. The van der Waals surface area contributed by atoms with Crippen LogP contribution in [0.4, 0.5) is 13.2 Å². The summed E-state index contributed by atoms with van der Waals surface area (Å²) in [5.74, 6) is 1.99. The van der Waals surface area contributed by atoms with E-state index in [1.165, 1.54) is 6.07 Å². The molecule has 0 aliphatic rings. The molecule has 1 aromatic carbocycles. The normalized spacial score (nSPS) is 12.3. The van der Waals surface area contributed by atoms with Gasteiger partial charge >= 0.3 is 6.18 Å². The van der Waals surface area contributed by atoms with Crippen LogP contribution < -0.4 is 10.6 Å². The van der Waals surface area contributed by atoms with Crippen LogP contribution in [0.25, 0.3) is 0 Å². The Balaban J connectivity index is 1.93. The van der Waals surface area contributed by atoms with Crippen molar-refractivity contribution < 1.29 is 13.2 Å². The molecule has 0 bridgehead atoms. The third-order valence-corrected chi connectivity index (χ3v) is 3.53. The van der Waals surface area contributed by atoms with Gasteiger partial charge in [0.25, 0.3) is 0 Å². The number of aromatic nitrogens is 3. The minimum Gasteiger partial charge on any atom is -0.352 e. The van der Waals surface area contributed by atoms with Gasteiger partial charge in [-0.15, -0.1) is 10.2 Å². The van der Waals surface area contributed by atoms with E-state index in [9.17, 15) is 13.2 Å². The van der Waals surface area contributed by atoms with Crippen LogP contribution in [0.5, 0.6) is 0 Å². The van der Waals surface area contributed by atoms with E-state index in [4.69, 9.17) is 0 Å². The van der Waals surface area contributed by atoms with Gasteiger partial charge in [0, 0.05) is 20.6 Å². The van der Waals surface area contributed by atoms with Gasteiger partial charge in [0.2, 0.25) is 0 Å². The summed E-state index contributed by atoms with van der Waals surface area (Å²) in [6, 6.07) is 5.18. The van der Waals surface area contributed by atoms with Crippen molar-refractivity contribution in [1.82, 2.24) is 25.4 Å². The first-order chi connectivity index (χ1) is 11.3. The molecule has 2 N–H and O–H groups in total. The number of rotatable bonds is 4. The van der Waals surface area contributed by atoms with E-state index in [2.05, 4.69) is 25.8 Å². The number of hydrogen-bond donors (Lipinski definition) is 2. The van der Waals surface area contributed by atoms with Gasteiger partial charge in [0.05, 0.1) is 12.1 Å². The molecule has 0 spiro atoms. The molecule has 2 rings (SSSR count). The van der Waals surface area contributed by atoms with Crippen molar-refractivity contribution in [2.24, 2.45) is 12.0 Å². The molecule has 9 heteroatoms. The monoisotopic (exact) mass is 340 g/mol. The minimum absolute atomic E-state index is 0.224. The first-order valence-electron chi connectivity index (χ1n) is 7.26. The number of nitrogens with zero attached hydrogens (tertiary/aromatic N) is 4. The first-order valence-corrected chi connectivity index (χ1v) is 7.26. The van der Waals surface area contributed by atoms with Crippen LogP contribution in [-0.2, 0) is 26.3 Å². The number of guanidine groups is 1. The summed E-state index contributed by atoms with van der Waals surface area (Å²) in [6.07, 6.45) is -4.35. The van der Waals surface area contributed by atoms with Crippen molar-refractivity contribution >= 4 is 5.96 Å². The molecule has 0 unspecified atom stereocenters. The van der Waals surface area contributed by atoms with Gasteiger partial charge in [0.15, 0.2) is 11.8 Å². The van der Waals surface area contributed by atoms with Gasteiger partial charge in [0.1, 0.15) is 5.82 Å². The number of alkyl halides is 3. The molecule has 0 aliphatic carbocycles. The topological polar surface area (TPSA) is 67.1 Å². The van der Waals surface area contributed by atoms with E-state index in [1.54, 1.807) is 13.1 Å². The lowest BCUT2D eigenvalue weighted by molar-refractivity contribution is -0.137. The van der Waals surface area contributed by atoms with Crippen LogP contribution in [0.1, 0.15) is 22.8 Å². The lowest BCUT2D eigenvalue weighted by Crippen LogP contribution is -2.37. The van der Waals surface area contributed by atoms with Gasteiger partial charge in [-0.2, -0.15) is 13.2 Å². The lowest BCUT2D eigenvalue weighted by atomic mass is 10.1. The maximum Gasteiger partial charge on any atom is 0.416 e. The average molecular weight is 340 g/mol. The van der Waals surface area contributed by atoms with E-state index < -0.39 is 11.7 Å². The zero-order valence-electron chi connectivity index (χ0n) is 13.6. The number of benzene rings is 1. The van der Waals surface area contributed by atoms with E-state index in [1.807, 2.05) is 18.5 Å². The molecule has 0 aliphatic heterocycles. The molecule has 6 nitrogen and oxygen atoms in total. The third kappa shape index (κ3) is 4.46. The maximum absolute atomic E-state index is 12.7. The van der Waals surface area contributed by atoms with E-state index in [-0.39, 0.29) is 6.54 Å². The number of aliphatic imine (C=N–C) groups is 1. The number of hydrogen-bond acceptors (Lipinski definition) is 3. The summed E-state index contributed by atoms with van der Waals surface area (Å²) in [7, 11) is 3.44. The Kier molecular flexibility index (Phi) is 5.42.